The number of aryl methyl sites for hydroxylation is 1. The highest BCUT2D eigenvalue weighted by molar-refractivity contribution is 6.03. The molecule has 0 amide bonds. The van der Waals surface area contributed by atoms with Crippen molar-refractivity contribution in [1.29, 1.82) is 0 Å². The number of halogens is 1. The lowest BCUT2D eigenvalue weighted by molar-refractivity contribution is 0.245. The second kappa shape index (κ2) is 8.46. The number of terminal acetylenes is 1. The van der Waals surface area contributed by atoms with Crippen LogP contribution in [0.1, 0.15) is 17.5 Å². The largest absolute Gasteiger partial charge is 0.508 e. The number of benzene rings is 2. The second-order valence-electron chi connectivity index (χ2n) is 9.94. The van der Waals surface area contributed by atoms with Gasteiger partial charge >= 0.3 is 5.63 Å². The van der Waals surface area contributed by atoms with Crippen molar-refractivity contribution >= 4 is 33.4 Å². The summed E-state index contributed by atoms with van der Waals surface area (Å²) in [6, 6.07) is 6.14. The van der Waals surface area contributed by atoms with Gasteiger partial charge in [-0.15, -0.1) is 6.42 Å². The normalized spacial score (nSPS) is 15.8. The third kappa shape index (κ3) is 3.59. The predicted molar refractivity (Wildman–Crippen MR) is 142 cm³/mol. The third-order valence-electron chi connectivity index (χ3n) is 7.44. The monoisotopic (exact) mass is 499 g/mol. The molecule has 2 aliphatic rings. The Bertz CT molecular complexity index is 1680. The molecule has 1 N–H and O–H groups in total. The lowest BCUT2D eigenvalue weighted by Gasteiger charge is -2.43. The van der Waals surface area contributed by atoms with E-state index in [9.17, 15) is 14.3 Å². The van der Waals surface area contributed by atoms with Crippen LogP contribution in [0.15, 0.2) is 33.5 Å². The summed E-state index contributed by atoms with van der Waals surface area (Å²) in [5, 5.41) is 11.7. The maximum absolute atomic E-state index is 14.7. The van der Waals surface area contributed by atoms with Gasteiger partial charge < -0.3 is 24.2 Å². The Balaban J connectivity index is 1.62. The molecule has 2 fully saturated rings. The van der Waals surface area contributed by atoms with E-state index in [0.717, 1.165) is 32.6 Å². The quantitative estimate of drug-likeness (QED) is 0.427. The van der Waals surface area contributed by atoms with Crippen molar-refractivity contribution in [2.75, 3.05) is 50.1 Å². The molecule has 0 spiro atoms. The third-order valence-corrected chi connectivity index (χ3v) is 7.44. The summed E-state index contributed by atoms with van der Waals surface area (Å²) < 4.78 is 20.6. The van der Waals surface area contributed by atoms with E-state index in [4.69, 9.17) is 20.8 Å². The maximum atomic E-state index is 14.7. The Kier molecular flexibility index (Phi) is 5.31. The van der Waals surface area contributed by atoms with Crippen LogP contribution in [-0.4, -0.2) is 66.3 Å². The van der Waals surface area contributed by atoms with Crippen molar-refractivity contribution in [1.82, 2.24) is 14.9 Å². The Morgan fingerprint density at radius 2 is 1.92 bits per heavy atom. The van der Waals surface area contributed by atoms with Gasteiger partial charge in [0.05, 0.1) is 11.1 Å². The Labute approximate surface area is 212 Å². The van der Waals surface area contributed by atoms with Crippen LogP contribution in [0.4, 0.5) is 16.2 Å². The average molecular weight is 500 g/mol. The van der Waals surface area contributed by atoms with Crippen LogP contribution in [-0.2, 0) is 0 Å². The SMILES string of the molecule is C#Cc1c(F)ccc2cc(O)cc(-c3oc(=O)c4c(N5CCC5)nc(N5CC(N(C)C)C5)nc4c3C)c12. The van der Waals surface area contributed by atoms with Crippen molar-refractivity contribution in [3.05, 3.63) is 51.6 Å². The van der Waals surface area contributed by atoms with Crippen molar-refractivity contribution < 1.29 is 13.9 Å². The van der Waals surface area contributed by atoms with Crippen molar-refractivity contribution in [2.45, 2.75) is 19.4 Å². The molecular formula is C28H26FN5O3. The number of rotatable bonds is 4. The molecule has 0 bridgehead atoms. The number of likely N-dealkylation sites (N-methyl/N-ethyl adjacent to an activating group) is 1. The molecule has 188 valence electrons. The van der Waals surface area contributed by atoms with Gasteiger partial charge in [0.15, 0.2) is 0 Å². The van der Waals surface area contributed by atoms with Gasteiger partial charge in [0.1, 0.15) is 28.5 Å². The lowest BCUT2D eigenvalue weighted by atomic mass is 9.95. The van der Waals surface area contributed by atoms with E-state index < -0.39 is 11.4 Å². The summed E-state index contributed by atoms with van der Waals surface area (Å²) >= 11 is 0. The van der Waals surface area contributed by atoms with E-state index >= 15 is 0 Å². The molecule has 0 unspecified atom stereocenters. The van der Waals surface area contributed by atoms with Crippen LogP contribution < -0.4 is 15.4 Å². The zero-order valence-electron chi connectivity index (χ0n) is 20.9. The van der Waals surface area contributed by atoms with E-state index in [-0.39, 0.29) is 17.1 Å². The van der Waals surface area contributed by atoms with E-state index in [0.29, 0.717) is 50.6 Å². The van der Waals surface area contributed by atoms with Crippen molar-refractivity contribution in [2.24, 2.45) is 0 Å². The highest BCUT2D eigenvalue weighted by atomic mass is 19.1. The summed E-state index contributed by atoms with van der Waals surface area (Å²) in [6.07, 6.45) is 6.68. The number of hydrogen-bond acceptors (Lipinski definition) is 8. The topological polar surface area (TPSA) is 85.9 Å². The fourth-order valence-corrected chi connectivity index (χ4v) is 5.07. The minimum atomic E-state index is -0.589. The number of aromatic hydroxyl groups is 1. The minimum absolute atomic E-state index is 0.0367. The van der Waals surface area contributed by atoms with Gasteiger partial charge in [-0.25, -0.2) is 14.2 Å². The van der Waals surface area contributed by atoms with Gasteiger partial charge in [0.2, 0.25) is 5.95 Å². The standard InChI is InChI=1S/C28H26FN5O3/c1-5-19-21(29)8-7-16-11-18(35)12-20(22(16)19)25-15(2)24-23(27(36)37-25)26(33-9-6-10-33)31-28(30-24)34-13-17(14-34)32(3)4/h1,7-8,11-12,17,35H,6,9-10,13-14H2,2-4H3. The van der Waals surface area contributed by atoms with E-state index in [1.807, 2.05) is 14.1 Å². The van der Waals surface area contributed by atoms with E-state index in [2.05, 4.69) is 20.6 Å². The predicted octanol–water partition coefficient (Wildman–Crippen LogP) is 3.50. The molecule has 6 rings (SSSR count). The molecule has 4 heterocycles. The lowest BCUT2D eigenvalue weighted by Crippen LogP contribution is -2.58. The molecule has 0 saturated carbocycles. The number of anilines is 2. The number of fused-ring (bicyclic) bond motifs is 2. The number of phenols is 1. The maximum Gasteiger partial charge on any atom is 0.349 e. The fourth-order valence-electron chi connectivity index (χ4n) is 5.07. The number of nitrogens with zero attached hydrogens (tertiary/aromatic N) is 5. The van der Waals surface area contributed by atoms with Gasteiger partial charge in [-0.2, -0.15) is 4.98 Å². The zero-order chi connectivity index (χ0) is 26.0. The van der Waals surface area contributed by atoms with Gasteiger partial charge in [-0.3, -0.25) is 0 Å². The fraction of sp³-hybridized carbons (Fsp3) is 0.321. The summed E-state index contributed by atoms with van der Waals surface area (Å²) in [7, 11) is 4.09. The average Bonchev–Trinajstić information content (AvgIpc) is 2.78. The van der Waals surface area contributed by atoms with Crippen LogP contribution >= 0.6 is 0 Å². The summed E-state index contributed by atoms with van der Waals surface area (Å²) in [6.45, 7) is 4.98. The van der Waals surface area contributed by atoms with E-state index in [1.165, 1.54) is 24.3 Å². The minimum Gasteiger partial charge on any atom is -0.508 e. The first kappa shape index (κ1) is 23.3. The van der Waals surface area contributed by atoms with E-state index in [1.54, 1.807) is 6.92 Å². The molecule has 0 radical (unpaired) electrons. The highest BCUT2D eigenvalue weighted by Crippen LogP contribution is 2.39. The number of aromatic nitrogens is 2. The molecule has 0 atom stereocenters. The van der Waals surface area contributed by atoms with Gasteiger partial charge in [-0.05, 0) is 51.0 Å². The molecule has 9 heteroatoms. The molecule has 0 aliphatic carbocycles. The summed E-state index contributed by atoms with van der Waals surface area (Å²) in [5.41, 5.74) is 0.843. The molecule has 37 heavy (non-hydrogen) atoms. The molecule has 2 saturated heterocycles. The smallest absolute Gasteiger partial charge is 0.349 e. The number of hydrogen-bond donors (Lipinski definition) is 1. The first-order chi connectivity index (χ1) is 17.8. The molecule has 2 aromatic carbocycles. The van der Waals surface area contributed by atoms with Gasteiger partial charge in [-0.1, -0.05) is 12.0 Å². The highest BCUT2D eigenvalue weighted by Gasteiger charge is 2.33. The Morgan fingerprint density at radius 1 is 1.16 bits per heavy atom. The van der Waals surface area contributed by atoms with Crippen molar-refractivity contribution in [3.63, 3.8) is 0 Å². The number of phenolic OH excluding ortho intramolecular Hbond substituents is 1. The van der Waals surface area contributed by atoms with Crippen LogP contribution in [0.25, 0.3) is 33.0 Å². The first-order valence-electron chi connectivity index (χ1n) is 12.2. The molecular weight excluding hydrogens is 473 g/mol. The summed E-state index contributed by atoms with van der Waals surface area (Å²) in [4.78, 5) is 29.4. The van der Waals surface area contributed by atoms with Crippen molar-refractivity contribution in [3.8, 4) is 29.4 Å². The second-order valence-corrected chi connectivity index (χ2v) is 9.94. The Hall–Kier alpha value is -4.16. The first-order valence-corrected chi connectivity index (χ1v) is 12.2. The molecule has 2 aromatic heterocycles. The van der Waals surface area contributed by atoms with Crippen LogP contribution in [0.5, 0.6) is 5.75 Å². The molecule has 4 aromatic rings. The van der Waals surface area contributed by atoms with Crippen LogP contribution in [0.2, 0.25) is 0 Å². The van der Waals surface area contributed by atoms with Crippen LogP contribution in [0, 0.1) is 25.1 Å². The summed E-state index contributed by atoms with van der Waals surface area (Å²) in [5.74, 6) is 3.10. The zero-order valence-corrected chi connectivity index (χ0v) is 20.9. The van der Waals surface area contributed by atoms with Gasteiger partial charge in [0, 0.05) is 48.7 Å². The Morgan fingerprint density at radius 3 is 2.57 bits per heavy atom. The molecule has 8 nitrogen and oxygen atoms in total. The van der Waals surface area contributed by atoms with Gasteiger partial charge in [0.25, 0.3) is 0 Å². The van der Waals surface area contributed by atoms with Crippen LogP contribution in [0.3, 0.4) is 0 Å². The molecule has 2 aliphatic heterocycles.